The van der Waals surface area contributed by atoms with Crippen molar-refractivity contribution in [1.82, 2.24) is 10.3 Å². The molecule has 2 N–H and O–H groups in total. The summed E-state index contributed by atoms with van der Waals surface area (Å²) in [6.07, 6.45) is 0.485. The molecular weight excluding hydrogens is 383 g/mol. The molecule has 2 amide bonds. The third-order valence-corrected chi connectivity index (χ3v) is 4.03. The number of amides is 2. The summed E-state index contributed by atoms with van der Waals surface area (Å²) in [6.45, 7) is 0.281. The van der Waals surface area contributed by atoms with Gasteiger partial charge in [-0.1, -0.05) is 24.3 Å². The van der Waals surface area contributed by atoms with Crippen molar-refractivity contribution in [2.45, 2.75) is 6.42 Å². The van der Waals surface area contributed by atoms with Gasteiger partial charge in [0.15, 0.2) is 0 Å². The molecule has 0 aliphatic rings. The lowest BCUT2D eigenvalue weighted by Crippen LogP contribution is -2.27. The van der Waals surface area contributed by atoms with E-state index < -0.39 is 29.1 Å². The van der Waals surface area contributed by atoms with E-state index in [9.17, 15) is 22.8 Å². The normalized spacial score (nSPS) is 10.4. The molecule has 0 spiro atoms. The lowest BCUT2D eigenvalue weighted by Gasteiger charge is -2.09. The third kappa shape index (κ3) is 5.19. The fourth-order valence-electron chi connectivity index (χ4n) is 2.54. The molecule has 29 heavy (non-hydrogen) atoms. The highest BCUT2D eigenvalue weighted by molar-refractivity contribution is 6.04. The van der Waals surface area contributed by atoms with E-state index in [1.165, 1.54) is 36.4 Å². The molecule has 0 fully saturated rings. The van der Waals surface area contributed by atoms with Crippen LogP contribution in [-0.4, -0.2) is 23.3 Å². The maximum atomic E-state index is 13.7. The van der Waals surface area contributed by atoms with Crippen LogP contribution in [0.1, 0.15) is 26.5 Å². The molecule has 0 atom stereocenters. The summed E-state index contributed by atoms with van der Waals surface area (Å²) >= 11 is 0. The van der Waals surface area contributed by atoms with Crippen molar-refractivity contribution in [3.05, 3.63) is 95.1 Å². The first kappa shape index (κ1) is 20.1. The van der Waals surface area contributed by atoms with Crippen LogP contribution in [0.2, 0.25) is 0 Å². The first-order chi connectivity index (χ1) is 13.9. The fraction of sp³-hybridized carbons (Fsp3) is 0.0952. The molecule has 0 unspecified atom stereocenters. The number of para-hydroxylation sites is 1. The Morgan fingerprint density at radius 3 is 2.03 bits per heavy atom. The van der Waals surface area contributed by atoms with Crippen LogP contribution < -0.4 is 10.6 Å². The summed E-state index contributed by atoms with van der Waals surface area (Å²) in [5, 5.41) is 4.77. The number of benzene rings is 2. The van der Waals surface area contributed by atoms with Gasteiger partial charge in [-0.25, -0.2) is 18.2 Å². The number of anilines is 1. The monoisotopic (exact) mass is 399 g/mol. The van der Waals surface area contributed by atoms with Crippen molar-refractivity contribution in [3.63, 3.8) is 0 Å². The van der Waals surface area contributed by atoms with Crippen molar-refractivity contribution in [2.24, 2.45) is 0 Å². The first-order valence-corrected chi connectivity index (χ1v) is 8.69. The Balaban J connectivity index is 1.63. The summed E-state index contributed by atoms with van der Waals surface area (Å²) < 4.78 is 40.2. The van der Waals surface area contributed by atoms with Gasteiger partial charge in [0, 0.05) is 6.54 Å². The summed E-state index contributed by atoms with van der Waals surface area (Å²) in [5.41, 5.74) is 0.0674. The Morgan fingerprint density at radius 1 is 0.793 bits per heavy atom. The molecule has 0 bridgehead atoms. The fourth-order valence-corrected chi connectivity index (χ4v) is 2.54. The second-order valence-corrected chi connectivity index (χ2v) is 6.09. The average molecular weight is 399 g/mol. The Hall–Kier alpha value is -3.68. The molecule has 3 rings (SSSR count). The van der Waals surface area contributed by atoms with Crippen LogP contribution in [0, 0.1) is 17.5 Å². The molecule has 2 aromatic carbocycles. The first-order valence-electron chi connectivity index (χ1n) is 8.69. The van der Waals surface area contributed by atoms with E-state index in [1.807, 2.05) is 0 Å². The van der Waals surface area contributed by atoms with Gasteiger partial charge in [-0.3, -0.25) is 9.59 Å². The van der Waals surface area contributed by atoms with Crippen LogP contribution in [0.4, 0.5) is 18.9 Å². The molecule has 1 aromatic heterocycles. The minimum Gasteiger partial charge on any atom is -0.350 e. The van der Waals surface area contributed by atoms with Crippen molar-refractivity contribution < 1.29 is 22.8 Å². The van der Waals surface area contributed by atoms with Crippen LogP contribution in [0.25, 0.3) is 0 Å². The smallest absolute Gasteiger partial charge is 0.274 e. The zero-order chi connectivity index (χ0) is 20.8. The maximum absolute atomic E-state index is 13.7. The predicted octanol–water partition coefficient (Wildman–Crippen LogP) is 3.72. The van der Waals surface area contributed by atoms with Crippen LogP contribution in [0.15, 0.2) is 60.7 Å². The molecule has 8 heteroatoms. The number of hydrogen-bond acceptors (Lipinski definition) is 3. The molecule has 148 valence electrons. The van der Waals surface area contributed by atoms with Crippen molar-refractivity contribution in [2.75, 3.05) is 11.9 Å². The molecular formula is C21H16F3N3O2. The summed E-state index contributed by atoms with van der Waals surface area (Å²) in [5.74, 6) is -3.55. The Bertz CT molecular complexity index is 1020. The van der Waals surface area contributed by atoms with Gasteiger partial charge in [0.25, 0.3) is 11.8 Å². The van der Waals surface area contributed by atoms with Crippen molar-refractivity contribution in [1.29, 1.82) is 0 Å². The van der Waals surface area contributed by atoms with E-state index in [2.05, 4.69) is 15.6 Å². The van der Waals surface area contributed by atoms with E-state index in [-0.39, 0.29) is 23.7 Å². The number of rotatable bonds is 6. The van der Waals surface area contributed by atoms with Gasteiger partial charge in [0.05, 0.1) is 0 Å². The zero-order valence-electron chi connectivity index (χ0n) is 15.1. The summed E-state index contributed by atoms with van der Waals surface area (Å²) in [6, 6.07) is 13.3. The Kier molecular flexibility index (Phi) is 6.23. The predicted molar refractivity (Wildman–Crippen MR) is 101 cm³/mol. The second kappa shape index (κ2) is 9.01. The number of halogens is 3. The van der Waals surface area contributed by atoms with E-state index in [0.717, 1.165) is 17.7 Å². The van der Waals surface area contributed by atoms with Gasteiger partial charge in [0.2, 0.25) is 0 Å². The lowest BCUT2D eigenvalue weighted by atomic mass is 10.1. The number of nitrogens with one attached hydrogen (secondary N) is 2. The zero-order valence-corrected chi connectivity index (χ0v) is 15.1. The van der Waals surface area contributed by atoms with Crippen LogP contribution in [0.3, 0.4) is 0 Å². The highest BCUT2D eigenvalue weighted by atomic mass is 19.1. The molecule has 0 aliphatic carbocycles. The number of aromatic nitrogens is 1. The third-order valence-electron chi connectivity index (χ3n) is 4.03. The van der Waals surface area contributed by atoms with Gasteiger partial charge in [-0.15, -0.1) is 0 Å². The number of pyridine rings is 1. The molecule has 1 heterocycles. The standard InChI is InChI=1S/C21H16F3N3O2/c22-14-9-7-13(8-10-14)11-12-25-20(28)17-5-2-6-18(26-17)21(29)27-19-15(23)3-1-4-16(19)24/h1-10H,11-12H2,(H,25,28)(H,27,29). The average Bonchev–Trinajstić information content (AvgIpc) is 2.72. The van der Waals surface area contributed by atoms with Gasteiger partial charge in [-0.2, -0.15) is 0 Å². The van der Waals surface area contributed by atoms with Crippen LogP contribution >= 0.6 is 0 Å². The van der Waals surface area contributed by atoms with Crippen LogP contribution in [-0.2, 0) is 6.42 Å². The molecule has 0 radical (unpaired) electrons. The minimum absolute atomic E-state index is 0.0224. The molecule has 5 nitrogen and oxygen atoms in total. The Morgan fingerprint density at radius 2 is 1.38 bits per heavy atom. The van der Waals surface area contributed by atoms with E-state index in [0.29, 0.717) is 6.42 Å². The van der Waals surface area contributed by atoms with Gasteiger partial charge < -0.3 is 10.6 Å². The van der Waals surface area contributed by atoms with Crippen LogP contribution in [0.5, 0.6) is 0 Å². The number of nitrogens with zero attached hydrogens (tertiary/aromatic N) is 1. The Labute approximate surface area is 164 Å². The highest BCUT2D eigenvalue weighted by Crippen LogP contribution is 2.18. The molecule has 0 aliphatic heterocycles. The van der Waals surface area contributed by atoms with Gasteiger partial charge in [-0.05, 0) is 48.4 Å². The number of hydrogen-bond donors (Lipinski definition) is 2. The van der Waals surface area contributed by atoms with Crippen molar-refractivity contribution in [3.8, 4) is 0 Å². The van der Waals surface area contributed by atoms with Gasteiger partial charge >= 0.3 is 0 Å². The largest absolute Gasteiger partial charge is 0.350 e. The number of carbonyl (C=O) groups excluding carboxylic acids is 2. The van der Waals surface area contributed by atoms with E-state index in [1.54, 1.807) is 12.1 Å². The van der Waals surface area contributed by atoms with E-state index >= 15 is 0 Å². The molecule has 3 aromatic rings. The second-order valence-electron chi connectivity index (χ2n) is 6.09. The molecule has 0 saturated heterocycles. The summed E-state index contributed by atoms with van der Waals surface area (Å²) in [4.78, 5) is 28.4. The summed E-state index contributed by atoms with van der Waals surface area (Å²) in [7, 11) is 0. The number of carbonyl (C=O) groups is 2. The van der Waals surface area contributed by atoms with Gasteiger partial charge in [0.1, 0.15) is 34.5 Å². The maximum Gasteiger partial charge on any atom is 0.274 e. The molecule has 0 saturated carbocycles. The topological polar surface area (TPSA) is 71.1 Å². The minimum atomic E-state index is -0.923. The highest BCUT2D eigenvalue weighted by Gasteiger charge is 2.16. The van der Waals surface area contributed by atoms with E-state index in [4.69, 9.17) is 0 Å². The lowest BCUT2D eigenvalue weighted by molar-refractivity contribution is 0.0949. The van der Waals surface area contributed by atoms with Crippen molar-refractivity contribution >= 4 is 17.5 Å². The SMILES string of the molecule is O=C(NCCc1ccc(F)cc1)c1cccc(C(=O)Nc2c(F)cccc2F)n1. The quantitative estimate of drug-likeness (QED) is 0.664.